The fourth-order valence-electron chi connectivity index (χ4n) is 4.18. The van der Waals surface area contributed by atoms with E-state index in [1.54, 1.807) is 36.4 Å². The first kappa shape index (κ1) is 21.9. The Labute approximate surface area is 188 Å². The molecule has 0 bridgehead atoms. The molecule has 0 radical (unpaired) electrons. The van der Waals surface area contributed by atoms with Gasteiger partial charge in [0.25, 0.3) is 0 Å². The van der Waals surface area contributed by atoms with Crippen LogP contribution in [-0.2, 0) is 11.2 Å². The van der Waals surface area contributed by atoms with Gasteiger partial charge in [-0.2, -0.15) is 0 Å². The van der Waals surface area contributed by atoms with Gasteiger partial charge in [0, 0.05) is 19.0 Å². The van der Waals surface area contributed by atoms with Crippen LogP contribution >= 0.6 is 11.6 Å². The van der Waals surface area contributed by atoms with Gasteiger partial charge in [-0.25, -0.2) is 17.3 Å². The molecule has 1 N–H and O–H groups in total. The zero-order chi connectivity index (χ0) is 21.8. The maximum Gasteiger partial charge on any atom is 0.196 e. The van der Waals surface area contributed by atoms with Crippen molar-refractivity contribution < 1.29 is 13.0 Å². The molecule has 2 unspecified atom stereocenters. The number of piperidine rings is 1. The summed E-state index contributed by atoms with van der Waals surface area (Å²) >= 11 is 4.75. The van der Waals surface area contributed by atoms with Crippen molar-refractivity contribution in [2.75, 3.05) is 17.8 Å². The fourth-order valence-corrected chi connectivity index (χ4v) is 5.53. The molecule has 0 spiro atoms. The average Bonchev–Trinajstić information content (AvgIpc) is 2.78. The van der Waals surface area contributed by atoms with Gasteiger partial charge in [0.1, 0.15) is 11.6 Å². The number of nitrogens with one attached hydrogen (secondary N) is 1. The smallest absolute Gasteiger partial charge is 0.196 e. The van der Waals surface area contributed by atoms with E-state index in [0.29, 0.717) is 23.8 Å². The number of nitrogens with zero attached hydrogens (tertiary/aromatic N) is 1. The van der Waals surface area contributed by atoms with E-state index in [4.69, 9.17) is 11.6 Å². The summed E-state index contributed by atoms with van der Waals surface area (Å²) in [5, 5.41) is 0.514. The summed E-state index contributed by atoms with van der Waals surface area (Å²) in [6.45, 7) is 1.28. The van der Waals surface area contributed by atoms with Crippen LogP contribution in [0.4, 0.5) is 14.5 Å². The molecule has 1 aliphatic heterocycles. The van der Waals surface area contributed by atoms with Crippen LogP contribution < -0.4 is 4.72 Å². The van der Waals surface area contributed by atoms with E-state index in [-0.39, 0.29) is 23.5 Å². The molecular formula is C24H23ClF2N2OS. The summed E-state index contributed by atoms with van der Waals surface area (Å²) < 4.78 is 45.0. The molecule has 3 aromatic carbocycles. The van der Waals surface area contributed by atoms with Crippen LogP contribution in [0.25, 0.3) is 0 Å². The molecule has 0 aliphatic carbocycles. The molecule has 4 rings (SSSR count). The number of benzene rings is 3. The average molecular weight is 461 g/mol. The minimum absolute atomic E-state index is 0.0543. The zero-order valence-electron chi connectivity index (χ0n) is 16.8. The molecule has 1 heterocycles. The van der Waals surface area contributed by atoms with Crippen LogP contribution in [0.1, 0.15) is 29.9 Å². The van der Waals surface area contributed by atoms with Gasteiger partial charge in [0.15, 0.2) is 11.2 Å². The molecule has 1 fully saturated rings. The standard InChI is InChI=1S/C24H23ClF2N2OS/c25-22-5-1-2-6-23(22)28-31(30)29-15-3-4-19(16-29)24(17-7-11-20(26)12-8-17)18-9-13-21(27)14-10-18/h1-2,5-14,19,24,28H,3-4,15-16H2. The first-order chi connectivity index (χ1) is 15.0. The molecule has 0 amide bonds. The number of halogens is 3. The molecule has 3 aromatic rings. The Hall–Kier alpha value is -2.28. The lowest BCUT2D eigenvalue weighted by Gasteiger charge is -2.36. The second-order valence-electron chi connectivity index (χ2n) is 7.70. The quantitative estimate of drug-likeness (QED) is 0.470. The van der Waals surface area contributed by atoms with Crippen molar-refractivity contribution in [3.8, 4) is 0 Å². The Kier molecular flexibility index (Phi) is 7.00. The second kappa shape index (κ2) is 9.90. The third kappa shape index (κ3) is 5.32. The topological polar surface area (TPSA) is 32.3 Å². The van der Waals surface area contributed by atoms with E-state index in [2.05, 4.69) is 4.72 Å². The third-order valence-electron chi connectivity index (χ3n) is 5.66. The van der Waals surface area contributed by atoms with Crippen molar-refractivity contribution >= 4 is 28.5 Å². The SMILES string of the molecule is O=S(Nc1ccccc1Cl)N1CCCC(C(c2ccc(F)cc2)c2ccc(F)cc2)C1. The zero-order valence-corrected chi connectivity index (χ0v) is 18.4. The molecule has 31 heavy (non-hydrogen) atoms. The predicted octanol–water partition coefficient (Wildman–Crippen LogP) is 6.15. The van der Waals surface area contributed by atoms with Crippen molar-refractivity contribution in [3.05, 3.63) is 101 Å². The molecule has 162 valence electrons. The Morgan fingerprint density at radius 1 is 0.935 bits per heavy atom. The molecule has 1 aliphatic rings. The van der Waals surface area contributed by atoms with Gasteiger partial charge in [-0.3, -0.25) is 4.72 Å². The van der Waals surface area contributed by atoms with Crippen molar-refractivity contribution in [2.45, 2.75) is 18.8 Å². The van der Waals surface area contributed by atoms with Crippen molar-refractivity contribution in [1.29, 1.82) is 0 Å². The van der Waals surface area contributed by atoms with Gasteiger partial charge in [0.05, 0.1) is 10.7 Å². The van der Waals surface area contributed by atoms with Gasteiger partial charge in [-0.05, 0) is 66.3 Å². The summed E-state index contributed by atoms with van der Waals surface area (Å²) in [7, 11) is 0. The van der Waals surface area contributed by atoms with Gasteiger partial charge in [0.2, 0.25) is 0 Å². The fraction of sp³-hybridized carbons (Fsp3) is 0.250. The number of para-hydroxylation sites is 1. The summed E-state index contributed by atoms with van der Waals surface area (Å²) in [5.74, 6) is -0.503. The van der Waals surface area contributed by atoms with Gasteiger partial charge in [-0.1, -0.05) is 48.0 Å². The maximum atomic E-state index is 13.5. The number of hydrogen-bond donors (Lipinski definition) is 1. The predicted molar refractivity (Wildman–Crippen MR) is 122 cm³/mol. The van der Waals surface area contributed by atoms with Crippen LogP contribution in [0, 0.1) is 17.6 Å². The first-order valence-electron chi connectivity index (χ1n) is 10.2. The summed E-state index contributed by atoms with van der Waals surface area (Å²) in [4.78, 5) is 0. The molecule has 0 aromatic heterocycles. The lowest BCUT2D eigenvalue weighted by molar-refractivity contribution is 0.258. The minimum Gasteiger partial charge on any atom is -0.291 e. The lowest BCUT2D eigenvalue weighted by atomic mass is 9.77. The Bertz CT molecular complexity index is 1000. The molecule has 0 saturated carbocycles. The number of rotatable bonds is 6. The van der Waals surface area contributed by atoms with Crippen LogP contribution in [0.2, 0.25) is 5.02 Å². The van der Waals surface area contributed by atoms with Crippen molar-refractivity contribution in [1.82, 2.24) is 4.31 Å². The number of anilines is 1. The maximum absolute atomic E-state index is 13.5. The van der Waals surface area contributed by atoms with E-state index in [1.165, 1.54) is 24.3 Å². The van der Waals surface area contributed by atoms with E-state index >= 15 is 0 Å². The Morgan fingerprint density at radius 3 is 2.10 bits per heavy atom. The largest absolute Gasteiger partial charge is 0.291 e. The lowest BCUT2D eigenvalue weighted by Crippen LogP contribution is -2.41. The van der Waals surface area contributed by atoms with Gasteiger partial charge < -0.3 is 0 Å². The molecule has 1 saturated heterocycles. The van der Waals surface area contributed by atoms with E-state index in [1.807, 2.05) is 16.4 Å². The van der Waals surface area contributed by atoms with Crippen molar-refractivity contribution in [3.63, 3.8) is 0 Å². The van der Waals surface area contributed by atoms with Crippen LogP contribution in [0.5, 0.6) is 0 Å². The molecule has 3 nitrogen and oxygen atoms in total. The van der Waals surface area contributed by atoms with Gasteiger partial charge >= 0.3 is 0 Å². The Balaban J connectivity index is 1.58. The molecular weight excluding hydrogens is 438 g/mol. The van der Waals surface area contributed by atoms with Crippen LogP contribution in [-0.4, -0.2) is 21.6 Å². The molecule has 7 heteroatoms. The summed E-state index contributed by atoms with van der Waals surface area (Å²) in [5.41, 5.74) is 2.55. The minimum atomic E-state index is -1.45. The monoisotopic (exact) mass is 460 g/mol. The molecule has 2 atom stereocenters. The normalized spacial score (nSPS) is 18.1. The highest BCUT2D eigenvalue weighted by molar-refractivity contribution is 7.84. The van der Waals surface area contributed by atoms with Crippen LogP contribution in [0.15, 0.2) is 72.8 Å². The summed E-state index contributed by atoms with van der Waals surface area (Å²) in [6, 6.07) is 20.1. The third-order valence-corrected chi connectivity index (χ3v) is 7.18. The highest BCUT2D eigenvalue weighted by atomic mass is 35.5. The summed E-state index contributed by atoms with van der Waals surface area (Å²) in [6.07, 6.45) is 1.80. The van der Waals surface area contributed by atoms with E-state index < -0.39 is 11.2 Å². The van der Waals surface area contributed by atoms with Crippen LogP contribution in [0.3, 0.4) is 0 Å². The number of hydrogen-bond acceptors (Lipinski definition) is 1. The Morgan fingerprint density at radius 2 is 1.52 bits per heavy atom. The van der Waals surface area contributed by atoms with E-state index in [0.717, 1.165) is 24.0 Å². The highest BCUT2D eigenvalue weighted by Gasteiger charge is 2.32. The highest BCUT2D eigenvalue weighted by Crippen LogP contribution is 2.38. The first-order valence-corrected chi connectivity index (χ1v) is 11.7. The van der Waals surface area contributed by atoms with Gasteiger partial charge in [-0.15, -0.1) is 0 Å². The second-order valence-corrected chi connectivity index (χ2v) is 9.33. The van der Waals surface area contributed by atoms with Crippen molar-refractivity contribution in [2.24, 2.45) is 5.92 Å². The van der Waals surface area contributed by atoms with E-state index in [9.17, 15) is 13.0 Å².